The van der Waals surface area contributed by atoms with Crippen LogP contribution < -0.4 is 10.1 Å². The highest BCUT2D eigenvalue weighted by Crippen LogP contribution is 2.24. The van der Waals surface area contributed by atoms with E-state index in [2.05, 4.69) is 16.3 Å². The molecule has 1 unspecified atom stereocenters. The number of nitrogens with one attached hydrogen (secondary N) is 1. The summed E-state index contributed by atoms with van der Waals surface area (Å²) in [6.07, 6.45) is 0. The lowest BCUT2D eigenvalue weighted by Crippen LogP contribution is -2.34. The number of carbonyl (C=O) groups excluding carboxylic acids is 1. The van der Waals surface area contributed by atoms with Crippen molar-refractivity contribution in [3.05, 3.63) is 51.2 Å². The maximum absolute atomic E-state index is 12.4. The Morgan fingerprint density at radius 2 is 2.18 bits per heavy atom. The van der Waals surface area contributed by atoms with Gasteiger partial charge in [0.2, 0.25) is 0 Å². The molecule has 0 aliphatic carbocycles. The van der Waals surface area contributed by atoms with Crippen molar-refractivity contribution in [1.82, 2.24) is 10.2 Å². The van der Waals surface area contributed by atoms with Gasteiger partial charge in [-0.1, -0.05) is 17.7 Å². The molecule has 0 saturated heterocycles. The number of ether oxygens (including phenoxy) is 1. The Morgan fingerprint density at radius 3 is 2.77 bits per heavy atom. The average molecular weight is 339 g/mol. The van der Waals surface area contributed by atoms with Gasteiger partial charge in [-0.3, -0.25) is 4.79 Å². The monoisotopic (exact) mass is 338 g/mol. The molecule has 0 aliphatic heterocycles. The number of halogens is 1. The Labute approximate surface area is 139 Å². The molecule has 0 spiro atoms. The Kier molecular flexibility index (Phi) is 5.83. The number of likely N-dealkylation sites (N-methyl/N-ethyl adjacent to an activating group) is 1. The first-order valence-corrected chi connectivity index (χ1v) is 8.10. The lowest BCUT2D eigenvalue weighted by Gasteiger charge is -2.23. The number of methoxy groups -OCH3 is 1. The number of nitrogens with zero attached hydrogens (tertiary/aromatic N) is 1. The molecule has 6 heteroatoms. The lowest BCUT2D eigenvalue weighted by molar-refractivity contribution is 0.0939. The van der Waals surface area contributed by atoms with Crippen LogP contribution in [0.4, 0.5) is 0 Å². The third-order valence-corrected chi connectivity index (χ3v) is 4.57. The summed E-state index contributed by atoms with van der Waals surface area (Å²) in [6, 6.07) is 9.23. The van der Waals surface area contributed by atoms with Gasteiger partial charge in [-0.15, -0.1) is 11.3 Å². The number of thiophene rings is 1. The largest absolute Gasteiger partial charge is 0.496 e. The second kappa shape index (κ2) is 7.63. The zero-order chi connectivity index (χ0) is 16.1. The second-order valence-electron chi connectivity index (χ2n) is 5.05. The fraction of sp³-hybridized carbons (Fsp3) is 0.312. The molecule has 22 heavy (non-hydrogen) atoms. The molecule has 2 rings (SSSR count). The van der Waals surface area contributed by atoms with E-state index in [1.807, 2.05) is 25.5 Å². The lowest BCUT2D eigenvalue weighted by atomic mass is 10.1. The van der Waals surface area contributed by atoms with Gasteiger partial charge in [-0.25, -0.2) is 0 Å². The first-order valence-electron chi connectivity index (χ1n) is 6.84. The Balaban J connectivity index is 2.10. The number of carbonyl (C=O) groups is 1. The molecule has 1 N–H and O–H groups in total. The molecule has 1 aromatic heterocycles. The smallest absolute Gasteiger partial charge is 0.255 e. The highest BCUT2D eigenvalue weighted by molar-refractivity contribution is 7.10. The third-order valence-electron chi connectivity index (χ3n) is 3.36. The van der Waals surface area contributed by atoms with Gasteiger partial charge in [0.1, 0.15) is 5.75 Å². The Bertz CT molecular complexity index is 629. The first-order chi connectivity index (χ1) is 10.5. The van der Waals surface area contributed by atoms with Crippen LogP contribution in [0.5, 0.6) is 5.75 Å². The predicted octanol–water partition coefficient (Wildman–Crippen LogP) is 3.44. The summed E-state index contributed by atoms with van der Waals surface area (Å²) in [5, 5.41) is 5.50. The molecule has 0 fully saturated rings. The first kappa shape index (κ1) is 16.8. The van der Waals surface area contributed by atoms with Crippen LogP contribution in [-0.4, -0.2) is 38.6 Å². The number of hydrogen-bond donors (Lipinski definition) is 1. The van der Waals surface area contributed by atoms with Crippen LogP contribution in [0.25, 0.3) is 0 Å². The molecule has 1 atom stereocenters. The van der Waals surface area contributed by atoms with Crippen molar-refractivity contribution in [3.63, 3.8) is 0 Å². The van der Waals surface area contributed by atoms with Gasteiger partial charge < -0.3 is 15.0 Å². The van der Waals surface area contributed by atoms with E-state index < -0.39 is 0 Å². The van der Waals surface area contributed by atoms with Gasteiger partial charge in [-0.2, -0.15) is 0 Å². The van der Waals surface area contributed by atoms with E-state index in [4.69, 9.17) is 16.3 Å². The van der Waals surface area contributed by atoms with Crippen molar-refractivity contribution >= 4 is 28.8 Å². The van der Waals surface area contributed by atoms with Crippen LogP contribution in [-0.2, 0) is 0 Å². The molecule has 118 valence electrons. The van der Waals surface area contributed by atoms with Gasteiger partial charge in [-0.05, 0) is 43.7 Å². The molecule has 0 bridgehead atoms. The van der Waals surface area contributed by atoms with E-state index >= 15 is 0 Å². The average Bonchev–Trinajstić information content (AvgIpc) is 3.01. The minimum absolute atomic E-state index is 0.133. The summed E-state index contributed by atoms with van der Waals surface area (Å²) < 4.78 is 5.22. The van der Waals surface area contributed by atoms with Crippen LogP contribution in [0.3, 0.4) is 0 Å². The summed E-state index contributed by atoms with van der Waals surface area (Å²) >= 11 is 7.65. The fourth-order valence-corrected chi connectivity index (χ4v) is 3.26. The minimum Gasteiger partial charge on any atom is -0.496 e. The van der Waals surface area contributed by atoms with Gasteiger partial charge in [0.15, 0.2) is 0 Å². The Morgan fingerprint density at radius 1 is 1.41 bits per heavy atom. The zero-order valence-electron chi connectivity index (χ0n) is 12.8. The summed E-state index contributed by atoms with van der Waals surface area (Å²) in [7, 11) is 5.53. The quantitative estimate of drug-likeness (QED) is 0.877. The predicted molar refractivity (Wildman–Crippen MR) is 91.1 cm³/mol. The molecule has 1 aromatic carbocycles. The van der Waals surface area contributed by atoms with Crippen molar-refractivity contribution in [1.29, 1.82) is 0 Å². The number of benzene rings is 1. The second-order valence-corrected chi connectivity index (χ2v) is 6.47. The van der Waals surface area contributed by atoms with E-state index in [1.165, 1.54) is 12.0 Å². The molecular formula is C16H19ClN2O2S. The topological polar surface area (TPSA) is 41.6 Å². The van der Waals surface area contributed by atoms with Crippen molar-refractivity contribution in [2.45, 2.75) is 6.04 Å². The molecule has 2 aromatic rings. The standard InChI is InChI=1S/C16H19ClN2O2S/c1-19(2)13(15-5-4-8-22-15)10-18-16(20)12-9-11(17)6-7-14(12)21-3/h4-9,13H,10H2,1-3H3,(H,18,20). The van der Waals surface area contributed by atoms with Gasteiger partial charge >= 0.3 is 0 Å². The number of hydrogen-bond acceptors (Lipinski definition) is 4. The van der Waals surface area contributed by atoms with Crippen LogP contribution in [0, 0.1) is 0 Å². The molecule has 1 heterocycles. The summed E-state index contributed by atoms with van der Waals surface area (Å²) in [5.41, 5.74) is 0.443. The normalized spacial score (nSPS) is 12.2. The van der Waals surface area contributed by atoms with Crippen LogP contribution in [0.15, 0.2) is 35.7 Å². The fourth-order valence-electron chi connectivity index (χ4n) is 2.16. The molecule has 0 aliphatic rings. The van der Waals surface area contributed by atoms with Crippen molar-refractivity contribution in [2.24, 2.45) is 0 Å². The van der Waals surface area contributed by atoms with Crippen molar-refractivity contribution in [2.75, 3.05) is 27.7 Å². The van der Waals surface area contributed by atoms with Crippen molar-refractivity contribution in [3.8, 4) is 5.75 Å². The minimum atomic E-state index is -0.192. The summed E-state index contributed by atoms with van der Waals surface area (Å²) in [5.74, 6) is 0.321. The maximum atomic E-state index is 12.4. The highest BCUT2D eigenvalue weighted by Gasteiger charge is 2.18. The van der Waals surface area contributed by atoms with Gasteiger partial charge in [0.05, 0.1) is 18.7 Å². The highest BCUT2D eigenvalue weighted by atomic mass is 35.5. The maximum Gasteiger partial charge on any atom is 0.255 e. The molecule has 0 saturated carbocycles. The van der Waals surface area contributed by atoms with E-state index in [0.717, 1.165) is 0 Å². The number of amides is 1. The molecule has 4 nitrogen and oxygen atoms in total. The summed E-state index contributed by atoms with van der Waals surface area (Å²) in [6.45, 7) is 0.516. The van der Waals surface area contributed by atoms with Crippen molar-refractivity contribution < 1.29 is 9.53 Å². The van der Waals surface area contributed by atoms with E-state index in [1.54, 1.807) is 29.5 Å². The van der Waals surface area contributed by atoms with Crippen LogP contribution in [0.1, 0.15) is 21.3 Å². The van der Waals surface area contributed by atoms with Gasteiger partial charge in [0.25, 0.3) is 5.91 Å². The number of rotatable bonds is 6. The van der Waals surface area contributed by atoms with Gasteiger partial charge in [0, 0.05) is 16.4 Å². The SMILES string of the molecule is COc1ccc(Cl)cc1C(=O)NCC(c1cccs1)N(C)C. The van der Waals surface area contributed by atoms with E-state index in [0.29, 0.717) is 22.9 Å². The molecular weight excluding hydrogens is 320 g/mol. The molecule has 1 amide bonds. The Hall–Kier alpha value is -1.56. The van der Waals surface area contributed by atoms with Crippen LogP contribution >= 0.6 is 22.9 Å². The zero-order valence-corrected chi connectivity index (χ0v) is 14.4. The van der Waals surface area contributed by atoms with E-state index in [-0.39, 0.29) is 11.9 Å². The third kappa shape index (κ3) is 4.00. The van der Waals surface area contributed by atoms with E-state index in [9.17, 15) is 4.79 Å². The van der Waals surface area contributed by atoms with Crippen LogP contribution in [0.2, 0.25) is 5.02 Å². The summed E-state index contributed by atoms with van der Waals surface area (Å²) in [4.78, 5) is 15.7. The molecule has 0 radical (unpaired) electrons.